The third-order valence-electron chi connectivity index (χ3n) is 3.52. The zero-order valence-corrected chi connectivity index (χ0v) is 7.63. The highest BCUT2D eigenvalue weighted by molar-refractivity contribution is 5.63. The Bertz CT molecular complexity index is 361. The van der Waals surface area contributed by atoms with Crippen LogP contribution in [0, 0.1) is 5.82 Å². The third-order valence-corrected chi connectivity index (χ3v) is 3.52. The minimum Gasteiger partial charge on any atom is -0.371 e. The van der Waals surface area contributed by atoms with Crippen LogP contribution in [0.25, 0.3) is 0 Å². The summed E-state index contributed by atoms with van der Waals surface area (Å²) < 4.78 is 13.5. The third kappa shape index (κ3) is 0.761. The van der Waals surface area contributed by atoms with Gasteiger partial charge in [-0.3, -0.25) is 0 Å². The number of nitrogens with zero attached hydrogens (tertiary/aromatic N) is 1. The lowest BCUT2D eigenvalue weighted by molar-refractivity contribution is 0.352. The Morgan fingerprint density at radius 3 is 2.92 bits per heavy atom. The molecule has 3 rings (SSSR count). The number of rotatable bonds is 0. The molecule has 0 radical (unpaired) electrons. The standard InChI is InChI=1S/C11H12FN/c1-13-9-6-5-7(9)11-8(12)3-2-4-10(11)13/h2-4,7,9H,5-6H2,1H3. The van der Waals surface area contributed by atoms with Crippen LogP contribution >= 0.6 is 0 Å². The number of halogens is 1. The summed E-state index contributed by atoms with van der Waals surface area (Å²) in [6, 6.07) is 5.98. The smallest absolute Gasteiger partial charge is 0.128 e. The Balaban J connectivity index is 2.20. The molecule has 1 nitrogen and oxygen atoms in total. The van der Waals surface area contributed by atoms with Gasteiger partial charge in [-0.2, -0.15) is 0 Å². The molecule has 1 aromatic rings. The topological polar surface area (TPSA) is 3.24 Å². The van der Waals surface area contributed by atoms with Crippen molar-refractivity contribution >= 4 is 5.69 Å². The van der Waals surface area contributed by atoms with Crippen molar-refractivity contribution in [2.45, 2.75) is 24.8 Å². The molecule has 1 aliphatic carbocycles. The molecule has 2 atom stereocenters. The van der Waals surface area contributed by atoms with E-state index in [0.717, 1.165) is 17.7 Å². The fraction of sp³-hybridized carbons (Fsp3) is 0.455. The summed E-state index contributed by atoms with van der Waals surface area (Å²) in [6.45, 7) is 0. The van der Waals surface area contributed by atoms with Crippen LogP contribution in [0.5, 0.6) is 0 Å². The fourth-order valence-electron chi connectivity index (χ4n) is 2.66. The summed E-state index contributed by atoms with van der Waals surface area (Å²) in [5.41, 5.74) is 2.06. The lowest BCUT2D eigenvalue weighted by atomic mass is 9.77. The predicted octanol–water partition coefficient (Wildman–Crippen LogP) is 2.52. The first kappa shape index (κ1) is 7.36. The van der Waals surface area contributed by atoms with E-state index in [-0.39, 0.29) is 5.82 Å². The van der Waals surface area contributed by atoms with Gasteiger partial charge in [0.2, 0.25) is 0 Å². The molecular weight excluding hydrogens is 165 g/mol. The summed E-state index contributed by atoms with van der Waals surface area (Å²) in [5, 5.41) is 0. The summed E-state index contributed by atoms with van der Waals surface area (Å²) in [5.74, 6) is 0.456. The quantitative estimate of drug-likeness (QED) is 0.588. The first-order chi connectivity index (χ1) is 6.29. The van der Waals surface area contributed by atoms with Crippen molar-refractivity contribution in [3.63, 3.8) is 0 Å². The van der Waals surface area contributed by atoms with Gasteiger partial charge in [0, 0.05) is 30.3 Å². The van der Waals surface area contributed by atoms with Gasteiger partial charge in [0.05, 0.1) is 0 Å². The van der Waals surface area contributed by atoms with Crippen molar-refractivity contribution in [3.05, 3.63) is 29.6 Å². The Labute approximate surface area is 77.2 Å². The van der Waals surface area contributed by atoms with Crippen LogP contribution in [0.2, 0.25) is 0 Å². The van der Waals surface area contributed by atoms with Crippen LogP contribution in [-0.4, -0.2) is 13.1 Å². The van der Waals surface area contributed by atoms with Gasteiger partial charge in [-0.25, -0.2) is 4.39 Å². The minimum absolute atomic E-state index is 0.0171. The summed E-state index contributed by atoms with van der Waals surface area (Å²) in [4.78, 5) is 2.23. The minimum atomic E-state index is -0.0171. The van der Waals surface area contributed by atoms with E-state index >= 15 is 0 Å². The number of fused-ring (bicyclic) bond motifs is 3. The van der Waals surface area contributed by atoms with Crippen LogP contribution in [-0.2, 0) is 0 Å². The summed E-state index contributed by atoms with van der Waals surface area (Å²) >= 11 is 0. The van der Waals surface area contributed by atoms with Crippen molar-refractivity contribution in [2.75, 3.05) is 11.9 Å². The molecule has 2 aliphatic rings. The van der Waals surface area contributed by atoms with Gasteiger partial charge in [-0.1, -0.05) is 6.07 Å². The second-order valence-corrected chi connectivity index (χ2v) is 4.03. The molecule has 1 heterocycles. The molecule has 0 N–H and O–H groups in total. The molecule has 68 valence electrons. The molecule has 0 spiro atoms. The van der Waals surface area contributed by atoms with E-state index in [2.05, 4.69) is 11.9 Å². The van der Waals surface area contributed by atoms with Crippen molar-refractivity contribution in [1.29, 1.82) is 0 Å². The van der Waals surface area contributed by atoms with Crippen LogP contribution in [0.1, 0.15) is 24.3 Å². The van der Waals surface area contributed by atoms with Crippen LogP contribution < -0.4 is 4.90 Å². The second-order valence-electron chi connectivity index (χ2n) is 4.03. The Hall–Kier alpha value is -1.05. The first-order valence-electron chi connectivity index (χ1n) is 4.80. The maximum absolute atomic E-state index is 13.5. The average molecular weight is 177 g/mol. The van der Waals surface area contributed by atoms with Crippen molar-refractivity contribution in [1.82, 2.24) is 0 Å². The maximum Gasteiger partial charge on any atom is 0.128 e. The Kier molecular flexibility index (Phi) is 1.27. The number of likely N-dealkylation sites (N-methyl/N-ethyl adjacent to an activating group) is 1. The van der Waals surface area contributed by atoms with Gasteiger partial charge >= 0.3 is 0 Å². The zero-order chi connectivity index (χ0) is 9.00. The highest BCUT2D eigenvalue weighted by atomic mass is 19.1. The van der Waals surface area contributed by atoms with Gasteiger partial charge in [0.15, 0.2) is 0 Å². The van der Waals surface area contributed by atoms with Gasteiger partial charge in [0.1, 0.15) is 5.82 Å². The van der Waals surface area contributed by atoms with Gasteiger partial charge < -0.3 is 4.90 Å². The molecule has 1 aliphatic heterocycles. The molecule has 0 amide bonds. The van der Waals surface area contributed by atoms with E-state index in [0.29, 0.717) is 12.0 Å². The SMILES string of the molecule is CN1c2cccc(F)c2C2CCC21. The average Bonchev–Trinajstić information content (AvgIpc) is 2.23. The lowest BCUT2D eigenvalue weighted by Crippen LogP contribution is -2.37. The highest BCUT2D eigenvalue weighted by Crippen LogP contribution is 2.51. The maximum atomic E-state index is 13.5. The lowest BCUT2D eigenvalue weighted by Gasteiger charge is -2.35. The molecule has 0 saturated heterocycles. The summed E-state index contributed by atoms with van der Waals surface area (Å²) in [7, 11) is 2.07. The molecule has 1 fully saturated rings. The molecule has 0 aromatic heterocycles. The fourth-order valence-corrected chi connectivity index (χ4v) is 2.66. The molecule has 13 heavy (non-hydrogen) atoms. The number of hydrogen-bond acceptors (Lipinski definition) is 1. The number of anilines is 1. The molecule has 1 aromatic carbocycles. The largest absolute Gasteiger partial charge is 0.371 e. The van der Waals surface area contributed by atoms with Crippen LogP contribution in [0.4, 0.5) is 10.1 Å². The molecule has 2 heteroatoms. The van der Waals surface area contributed by atoms with E-state index in [1.165, 1.54) is 6.42 Å². The number of benzene rings is 1. The molecule has 0 bridgehead atoms. The van der Waals surface area contributed by atoms with E-state index < -0.39 is 0 Å². The first-order valence-corrected chi connectivity index (χ1v) is 4.80. The highest BCUT2D eigenvalue weighted by Gasteiger charge is 2.44. The van der Waals surface area contributed by atoms with E-state index in [1.54, 1.807) is 12.1 Å². The molecular formula is C11H12FN. The van der Waals surface area contributed by atoms with Gasteiger partial charge in [-0.15, -0.1) is 0 Å². The van der Waals surface area contributed by atoms with Crippen molar-refractivity contribution in [2.24, 2.45) is 0 Å². The van der Waals surface area contributed by atoms with Crippen LogP contribution in [0.3, 0.4) is 0 Å². The predicted molar refractivity (Wildman–Crippen MR) is 50.6 cm³/mol. The summed E-state index contributed by atoms with van der Waals surface area (Å²) in [6.07, 6.45) is 2.37. The van der Waals surface area contributed by atoms with Gasteiger partial charge in [-0.05, 0) is 25.0 Å². The Morgan fingerprint density at radius 2 is 2.23 bits per heavy atom. The normalized spacial score (nSPS) is 29.5. The molecule has 1 saturated carbocycles. The zero-order valence-electron chi connectivity index (χ0n) is 7.63. The van der Waals surface area contributed by atoms with E-state index in [9.17, 15) is 4.39 Å². The number of hydrogen-bond donors (Lipinski definition) is 0. The van der Waals surface area contributed by atoms with Crippen molar-refractivity contribution < 1.29 is 4.39 Å². The Morgan fingerprint density at radius 1 is 1.38 bits per heavy atom. The molecule has 2 unspecified atom stereocenters. The van der Waals surface area contributed by atoms with Crippen LogP contribution in [0.15, 0.2) is 18.2 Å². The van der Waals surface area contributed by atoms with Crippen molar-refractivity contribution in [3.8, 4) is 0 Å². The monoisotopic (exact) mass is 177 g/mol. The van der Waals surface area contributed by atoms with E-state index in [4.69, 9.17) is 0 Å². The van der Waals surface area contributed by atoms with E-state index in [1.807, 2.05) is 6.07 Å². The van der Waals surface area contributed by atoms with Gasteiger partial charge in [0.25, 0.3) is 0 Å². The second kappa shape index (κ2) is 2.25.